The summed E-state index contributed by atoms with van der Waals surface area (Å²) in [5.74, 6) is 0.958. The first kappa shape index (κ1) is 15.5. The average Bonchev–Trinajstić information content (AvgIpc) is 2.97. The molecule has 1 aromatic rings. The van der Waals surface area contributed by atoms with E-state index in [1.807, 2.05) is 11.9 Å². The number of hydrogen-bond acceptors (Lipinski definition) is 3. The smallest absolute Gasteiger partial charge is 0.222 e. The van der Waals surface area contributed by atoms with E-state index in [4.69, 9.17) is 0 Å². The van der Waals surface area contributed by atoms with Crippen LogP contribution in [-0.4, -0.2) is 37.5 Å². The van der Waals surface area contributed by atoms with Gasteiger partial charge in [0.25, 0.3) is 0 Å². The summed E-state index contributed by atoms with van der Waals surface area (Å²) in [6.45, 7) is 2.90. The van der Waals surface area contributed by atoms with E-state index in [2.05, 4.69) is 22.1 Å². The van der Waals surface area contributed by atoms with Gasteiger partial charge in [0.1, 0.15) is 0 Å². The van der Waals surface area contributed by atoms with Gasteiger partial charge in [-0.15, -0.1) is 12.4 Å². The Morgan fingerprint density at radius 1 is 1.61 bits per heavy atom. The summed E-state index contributed by atoms with van der Waals surface area (Å²) in [5.41, 5.74) is 1.29. The molecule has 0 spiro atoms. The standard InChI is InChI=1S/C13H20N2OS.ClH/c1-14-8-12-4-6-15(9-12)13(16)3-2-11-5-7-17-10-11;/h5,7,10,12,14H,2-4,6,8-9H2,1H3;1H. The van der Waals surface area contributed by atoms with Gasteiger partial charge >= 0.3 is 0 Å². The number of carbonyl (C=O) groups excluding carboxylic acids is 1. The van der Waals surface area contributed by atoms with Crippen LogP contribution in [0, 0.1) is 5.92 Å². The molecule has 3 nitrogen and oxygen atoms in total. The van der Waals surface area contributed by atoms with Gasteiger partial charge in [-0.05, 0) is 54.7 Å². The van der Waals surface area contributed by atoms with E-state index in [-0.39, 0.29) is 12.4 Å². The molecule has 0 radical (unpaired) electrons. The average molecular weight is 289 g/mol. The van der Waals surface area contributed by atoms with Crippen molar-refractivity contribution in [1.29, 1.82) is 0 Å². The maximum atomic E-state index is 12.0. The lowest BCUT2D eigenvalue weighted by Gasteiger charge is -2.16. The molecule has 0 aromatic carbocycles. The zero-order valence-corrected chi connectivity index (χ0v) is 12.4. The molecular weight excluding hydrogens is 268 g/mol. The van der Waals surface area contributed by atoms with Gasteiger partial charge in [-0.2, -0.15) is 11.3 Å². The van der Waals surface area contributed by atoms with Gasteiger partial charge in [0, 0.05) is 19.5 Å². The fourth-order valence-corrected chi connectivity index (χ4v) is 3.06. The summed E-state index contributed by atoms with van der Waals surface area (Å²) in [4.78, 5) is 14.0. The van der Waals surface area contributed by atoms with Crippen LogP contribution in [0.2, 0.25) is 0 Å². The third kappa shape index (κ3) is 4.26. The predicted octanol–water partition coefficient (Wildman–Crippen LogP) is 2.17. The number of nitrogens with one attached hydrogen (secondary N) is 1. The highest BCUT2D eigenvalue weighted by Crippen LogP contribution is 2.17. The lowest BCUT2D eigenvalue weighted by molar-refractivity contribution is -0.130. The lowest BCUT2D eigenvalue weighted by Crippen LogP contribution is -2.30. The maximum absolute atomic E-state index is 12.0. The van der Waals surface area contributed by atoms with Crippen LogP contribution in [0.3, 0.4) is 0 Å². The van der Waals surface area contributed by atoms with Crippen LogP contribution >= 0.6 is 23.7 Å². The van der Waals surface area contributed by atoms with Crippen molar-refractivity contribution in [2.24, 2.45) is 5.92 Å². The Balaban J connectivity index is 0.00000162. The molecular formula is C13H21ClN2OS. The van der Waals surface area contributed by atoms with Crippen molar-refractivity contribution in [3.8, 4) is 0 Å². The van der Waals surface area contributed by atoms with Crippen molar-refractivity contribution in [2.75, 3.05) is 26.7 Å². The van der Waals surface area contributed by atoms with E-state index < -0.39 is 0 Å². The molecule has 5 heteroatoms. The first-order valence-electron chi connectivity index (χ1n) is 6.23. The van der Waals surface area contributed by atoms with Gasteiger partial charge in [0.15, 0.2) is 0 Å². The molecule has 102 valence electrons. The first-order valence-corrected chi connectivity index (χ1v) is 7.17. The summed E-state index contributed by atoms with van der Waals surface area (Å²) in [6.07, 6.45) is 2.68. The molecule has 18 heavy (non-hydrogen) atoms. The van der Waals surface area contributed by atoms with E-state index in [1.54, 1.807) is 11.3 Å². The van der Waals surface area contributed by atoms with Crippen molar-refractivity contribution in [1.82, 2.24) is 10.2 Å². The van der Waals surface area contributed by atoms with Crippen molar-refractivity contribution in [3.05, 3.63) is 22.4 Å². The third-order valence-corrected chi connectivity index (χ3v) is 4.07. The molecule has 2 heterocycles. The minimum Gasteiger partial charge on any atom is -0.342 e. The van der Waals surface area contributed by atoms with Crippen molar-refractivity contribution in [3.63, 3.8) is 0 Å². The van der Waals surface area contributed by atoms with Crippen LogP contribution in [0.5, 0.6) is 0 Å². The van der Waals surface area contributed by atoms with Crippen LogP contribution in [0.15, 0.2) is 16.8 Å². The Bertz CT molecular complexity index is 356. The van der Waals surface area contributed by atoms with Crippen molar-refractivity contribution < 1.29 is 4.79 Å². The second-order valence-corrected chi connectivity index (χ2v) is 5.46. The lowest BCUT2D eigenvalue weighted by atomic mass is 10.1. The van der Waals surface area contributed by atoms with Gasteiger partial charge in [-0.1, -0.05) is 0 Å². The Morgan fingerprint density at radius 2 is 2.44 bits per heavy atom. The normalized spacial score (nSPS) is 18.7. The van der Waals surface area contributed by atoms with Crippen LogP contribution in [0.25, 0.3) is 0 Å². The van der Waals surface area contributed by atoms with Crippen LogP contribution in [0.4, 0.5) is 0 Å². The molecule has 1 N–H and O–H groups in total. The number of carbonyl (C=O) groups is 1. The Morgan fingerprint density at radius 3 is 3.11 bits per heavy atom. The van der Waals surface area contributed by atoms with Crippen molar-refractivity contribution >= 4 is 29.7 Å². The Labute approximate surface area is 119 Å². The topological polar surface area (TPSA) is 32.3 Å². The highest BCUT2D eigenvalue weighted by molar-refractivity contribution is 7.07. The molecule has 1 amide bonds. The third-order valence-electron chi connectivity index (χ3n) is 3.34. The SMILES string of the molecule is CNCC1CCN(C(=O)CCc2ccsc2)C1.Cl. The first-order chi connectivity index (χ1) is 8.29. The van der Waals surface area contributed by atoms with E-state index in [0.29, 0.717) is 18.2 Å². The van der Waals surface area contributed by atoms with E-state index in [1.165, 1.54) is 5.56 Å². The number of rotatable bonds is 5. The summed E-state index contributed by atoms with van der Waals surface area (Å²) in [7, 11) is 1.97. The van der Waals surface area contributed by atoms with Gasteiger partial charge < -0.3 is 10.2 Å². The zero-order valence-electron chi connectivity index (χ0n) is 10.7. The molecule has 0 aliphatic carbocycles. The summed E-state index contributed by atoms with van der Waals surface area (Å²) >= 11 is 1.70. The molecule has 0 bridgehead atoms. The van der Waals surface area contributed by atoms with Gasteiger partial charge in [-0.25, -0.2) is 0 Å². The monoisotopic (exact) mass is 288 g/mol. The van der Waals surface area contributed by atoms with E-state index in [9.17, 15) is 4.79 Å². The molecule has 2 rings (SSSR count). The van der Waals surface area contributed by atoms with Crippen LogP contribution in [-0.2, 0) is 11.2 Å². The summed E-state index contributed by atoms with van der Waals surface area (Å²) in [6, 6.07) is 2.10. The van der Waals surface area contributed by atoms with Gasteiger partial charge in [0.05, 0.1) is 0 Å². The quantitative estimate of drug-likeness (QED) is 0.901. The molecule has 1 aromatic heterocycles. The predicted molar refractivity (Wildman–Crippen MR) is 78.5 cm³/mol. The number of hydrogen-bond donors (Lipinski definition) is 1. The number of nitrogens with zero attached hydrogens (tertiary/aromatic N) is 1. The minimum absolute atomic E-state index is 0. The molecule has 0 saturated carbocycles. The molecule has 1 aliphatic rings. The fourth-order valence-electron chi connectivity index (χ4n) is 2.36. The highest BCUT2D eigenvalue weighted by Gasteiger charge is 2.25. The maximum Gasteiger partial charge on any atom is 0.222 e. The number of halogens is 1. The minimum atomic E-state index is 0. The largest absolute Gasteiger partial charge is 0.342 e. The van der Waals surface area contributed by atoms with Crippen LogP contribution in [0.1, 0.15) is 18.4 Å². The van der Waals surface area contributed by atoms with Gasteiger partial charge in [0.2, 0.25) is 5.91 Å². The second kappa shape index (κ2) is 7.77. The molecule has 1 saturated heterocycles. The highest BCUT2D eigenvalue weighted by atomic mass is 35.5. The molecule has 1 aliphatic heterocycles. The number of thiophene rings is 1. The summed E-state index contributed by atoms with van der Waals surface area (Å²) < 4.78 is 0. The molecule has 1 unspecified atom stereocenters. The number of aryl methyl sites for hydroxylation is 1. The molecule has 1 atom stereocenters. The van der Waals surface area contributed by atoms with E-state index >= 15 is 0 Å². The van der Waals surface area contributed by atoms with Crippen LogP contribution < -0.4 is 5.32 Å². The van der Waals surface area contributed by atoms with E-state index in [0.717, 1.165) is 32.5 Å². The zero-order chi connectivity index (χ0) is 12.1. The number of likely N-dealkylation sites (tertiary alicyclic amines) is 1. The second-order valence-electron chi connectivity index (χ2n) is 4.68. The molecule has 1 fully saturated rings. The summed E-state index contributed by atoms with van der Waals surface area (Å²) in [5, 5.41) is 7.38. The Kier molecular flexibility index (Phi) is 6.68. The fraction of sp³-hybridized carbons (Fsp3) is 0.615. The Hall–Kier alpha value is -0.580. The number of amides is 1. The van der Waals surface area contributed by atoms with Gasteiger partial charge in [-0.3, -0.25) is 4.79 Å². The van der Waals surface area contributed by atoms with Crippen molar-refractivity contribution in [2.45, 2.75) is 19.3 Å².